The van der Waals surface area contributed by atoms with Crippen LogP contribution < -0.4 is 4.72 Å². The summed E-state index contributed by atoms with van der Waals surface area (Å²) in [5.41, 5.74) is 1.47. The van der Waals surface area contributed by atoms with Gasteiger partial charge in [-0.25, -0.2) is 18.1 Å². The highest BCUT2D eigenvalue weighted by Gasteiger charge is 2.14. The van der Waals surface area contributed by atoms with Gasteiger partial charge in [-0.1, -0.05) is 0 Å². The summed E-state index contributed by atoms with van der Waals surface area (Å²) in [5.74, 6) is 0. The first-order valence-electron chi connectivity index (χ1n) is 5.56. The van der Waals surface area contributed by atoms with E-state index in [1.54, 1.807) is 24.5 Å². The quantitative estimate of drug-likeness (QED) is 0.823. The predicted molar refractivity (Wildman–Crippen MR) is 69.8 cm³/mol. The minimum Gasteiger partial charge on any atom is -0.345 e. The Morgan fingerprint density at radius 2 is 2.17 bits per heavy atom. The monoisotopic (exact) mass is 268 g/mol. The molecule has 1 aromatic carbocycles. The number of sulfonamides is 1. The molecule has 0 saturated carbocycles. The standard InChI is InChI=1S/C11H16N4O2S/c1-15(2)6-5-14-18(16,17)9-3-4-10-11(7-9)13-8-12-10/h3-4,7-8,14H,5-6H2,1-2H3,(H,12,13). The Kier molecular flexibility index (Phi) is 3.65. The lowest BCUT2D eigenvalue weighted by Gasteiger charge is -2.10. The zero-order valence-corrected chi connectivity index (χ0v) is 11.2. The summed E-state index contributed by atoms with van der Waals surface area (Å²) in [6.45, 7) is 1.04. The van der Waals surface area contributed by atoms with Gasteiger partial charge in [0, 0.05) is 13.1 Å². The molecule has 7 heteroatoms. The number of nitrogens with zero attached hydrogens (tertiary/aromatic N) is 2. The van der Waals surface area contributed by atoms with Crippen molar-refractivity contribution in [1.82, 2.24) is 19.6 Å². The molecular weight excluding hydrogens is 252 g/mol. The SMILES string of the molecule is CN(C)CCNS(=O)(=O)c1ccc2nc[nH]c2c1. The number of aromatic amines is 1. The van der Waals surface area contributed by atoms with Crippen molar-refractivity contribution in [3.63, 3.8) is 0 Å². The van der Waals surface area contributed by atoms with Crippen LogP contribution in [0.15, 0.2) is 29.4 Å². The second kappa shape index (κ2) is 5.05. The Balaban J connectivity index is 2.18. The Bertz CT molecular complexity index is 633. The highest BCUT2D eigenvalue weighted by molar-refractivity contribution is 7.89. The van der Waals surface area contributed by atoms with Gasteiger partial charge in [0.1, 0.15) is 0 Å². The van der Waals surface area contributed by atoms with Gasteiger partial charge in [0.2, 0.25) is 10.0 Å². The number of rotatable bonds is 5. The van der Waals surface area contributed by atoms with Gasteiger partial charge in [-0.15, -0.1) is 0 Å². The highest BCUT2D eigenvalue weighted by atomic mass is 32.2. The fourth-order valence-electron chi connectivity index (χ4n) is 1.57. The van der Waals surface area contributed by atoms with E-state index < -0.39 is 10.0 Å². The molecule has 1 heterocycles. The summed E-state index contributed by atoms with van der Waals surface area (Å²) >= 11 is 0. The van der Waals surface area contributed by atoms with Gasteiger partial charge in [0.25, 0.3) is 0 Å². The Morgan fingerprint density at radius 1 is 1.39 bits per heavy atom. The molecule has 2 rings (SSSR count). The molecule has 18 heavy (non-hydrogen) atoms. The Hall–Kier alpha value is -1.44. The van der Waals surface area contributed by atoms with E-state index in [4.69, 9.17) is 0 Å². The normalized spacial score (nSPS) is 12.4. The van der Waals surface area contributed by atoms with E-state index in [1.807, 2.05) is 19.0 Å². The van der Waals surface area contributed by atoms with Crippen LogP contribution in [0.4, 0.5) is 0 Å². The van der Waals surface area contributed by atoms with Crippen molar-refractivity contribution >= 4 is 21.1 Å². The molecule has 0 fully saturated rings. The van der Waals surface area contributed by atoms with Gasteiger partial charge < -0.3 is 9.88 Å². The first-order valence-corrected chi connectivity index (χ1v) is 7.05. The molecule has 0 unspecified atom stereocenters. The van der Waals surface area contributed by atoms with Crippen molar-refractivity contribution < 1.29 is 8.42 Å². The molecule has 6 nitrogen and oxygen atoms in total. The van der Waals surface area contributed by atoms with E-state index in [0.717, 1.165) is 5.52 Å². The molecule has 0 aliphatic rings. The summed E-state index contributed by atoms with van der Waals surface area (Å²) < 4.78 is 26.6. The predicted octanol–water partition coefficient (Wildman–Crippen LogP) is 0.403. The van der Waals surface area contributed by atoms with Crippen LogP contribution in [0.1, 0.15) is 0 Å². The zero-order valence-electron chi connectivity index (χ0n) is 10.3. The molecule has 0 aliphatic heterocycles. The molecule has 0 saturated heterocycles. The number of benzene rings is 1. The van der Waals surface area contributed by atoms with E-state index in [2.05, 4.69) is 14.7 Å². The second-order valence-electron chi connectivity index (χ2n) is 4.28. The van der Waals surface area contributed by atoms with Crippen molar-refractivity contribution in [2.75, 3.05) is 27.2 Å². The lowest BCUT2D eigenvalue weighted by Crippen LogP contribution is -2.31. The van der Waals surface area contributed by atoms with E-state index in [9.17, 15) is 8.42 Å². The summed E-state index contributed by atoms with van der Waals surface area (Å²) in [7, 11) is 0.338. The van der Waals surface area contributed by atoms with Gasteiger partial charge in [-0.3, -0.25) is 0 Å². The number of H-pyrrole nitrogens is 1. The molecular formula is C11H16N4O2S. The largest absolute Gasteiger partial charge is 0.345 e. The zero-order chi connectivity index (χ0) is 13.2. The van der Waals surface area contributed by atoms with Gasteiger partial charge in [-0.2, -0.15) is 0 Å². The highest BCUT2D eigenvalue weighted by Crippen LogP contribution is 2.15. The molecule has 0 spiro atoms. The van der Waals surface area contributed by atoms with Gasteiger partial charge >= 0.3 is 0 Å². The summed E-state index contributed by atoms with van der Waals surface area (Å²) in [6, 6.07) is 4.83. The second-order valence-corrected chi connectivity index (χ2v) is 6.05. The third kappa shape index (κ3) is 2.87. The van der Waals surface area contributed by atoms with Gasteiger partial charge in [-0.05, 0) is 32.3 Å². The first-order chi connectivity index (χ1) is 8.49. The summed E-state index contributed by atoms with van der Waals surface area (Å²) in [4.78, 5) is 9.11. The van der Waals surface area contributed by atoms with Crippen molar-refractivity contribution in [1.29, 1.82) is 0 Å². The fraction of sp³-hybridized carbons (Fsp3) is 0.364. The minimum atomic E-state index is -3.45. The maximum absolute atomic E-state index is 12.0. The smallest absolute Gasteiger partial charge is 0.240 e. The van der Waals surface area contributed by atoms with Crippen molar-refractivity contribution in [2.45, 2.75) is 4.90 Å². The Morgan fingerprint density at radius 3 is 2.89 bits per heavy atom. The molecule has 2 N–H and O–H groups in total. The van der Waals surface area contributed by atoms with Crippen LogP contribution in [0.25, 0.3) is 11.0 Å². The maximum Gasteiger partial charge on any atom is 0.240 e. The van der Waals surface area contributed by atoms with Crippen molar-refractivity contribution in [2.24, 2.45) is 0 Å². The molecule has 0 bridgehead atoms. The van der Waals surface area contributed by atoms with Crippen molar-refractivity contribution in [3.05, 3.63) is 24.5 Å². The minimum absolute atomic E-state index is 0.248. The topological polar surface area (TPSA) is 78.1 Å². The van der Waals surface area contributed by atoms with Crippen LogP contribution in [-0.4, -0.2) is 50.5 Å². The van der Waals surface area contributed by atoms with Crippen LogP contribution in [0, 0.1) is 0 Å². The Labute approximate surface area is 106 Å². The number of hydrogen-bond acceptors (Lipinski definition) is 4. The molecule has 98 valence electrons. The van der Waals surface area contributed by atoms with Crippen LogP contribution >= 0.6 is 0 Å². The number of fused-ring (bicyclic) bond motifs is 1. The lowest BCUT2D eigenvalue weighted by molar-refractivity contribution is 0.412. The van der Waals surface area contributed by atoms with Crippen LogP contribution in [0.2, 0.25) is 0 Å². The van der Waals surface area contributed by atoms with E-state index in [0.29, 0.717) is 18.6 Å². The third-order valence-electron chi connectivity index (χ3n) is 2.55. The van der Waals surface area contributed by atoms with E-state index >= 15 is 0 Å². The van der Waals surface area contributed by atoms with E-state index in [1.165, 1.54) is 0 Å². The summed E-state index contributed by atoms with van der Waals surface area (Å²) in [6.07, 6.45) is 1.54. The molecule has 2 aromatic rings. The fourth-order valence-corrected chi connectivity index (χ4v) is 2.62. The molecule has 0 atom stereocenters. The number of nitrogens with one attached hydrogen (secondary N) is 2. The summed E-state index contributed by atoms with van der Waals surface area (Å²) in [5, 5.41) is 0. The number of likely N-dealkylation sites (N-methyl/N-ethyl adjacent to an activating group) is 1. The molecule has 0 amide bonds. The molecule has 0 aliphatic carbocycles. The van der Waals surface area contributed by atoms with E-state index in [-0.39, 0.29) is 4.90 Å². The molecule has 0 radical (unpaired) electrons. The first kappa shape index (κ1) is 13.0. The lowest BCUT2D eigenvalue weighted by atomic mass is 10.3. The van der Waals surface area contributed by atoms with Gasteiger partial charge in [0.15, 0.2) is 0 Å². The van der Waals surface area contributed by atoms with Crippen LogP contribution in [0.3, 0.4) is 0 Å². The average molecular weight is 268 g/mol. The third-order valence-corrected chi connectivity index (χ3v) is 4.01. The maximum atomic E-state index is 12.0. The number of hydrogen-bond donors (Lipinski definition) is 2. The number of aromatic nitrogens is 2. The van der Waals surface area contributed by atoms with Crippen LogP contribution in [0.5, 0.6) is 0 Å². The average Bonchev–Trinajstić information content (AvgIpc) is 2.74. The van der Waals surface area contributed by atoms with Crippen molar-refractivity contribution in [3.8, 4) is 0 Å². The molecule has 1 aromatic heterocycles. The number of imidazole rings is 1. The van der Waals surface area contributed by atoms with Crippen LogP contribution in [-0.2, 0) is 10.0 Å². The van der Waals surface area contributed by atoms with Gasteiger partial charge in [0.05, 0.1) is 22.3 Å².